The Labute approximate surface area is 96.8 Å². The van der Waals surface area contributed by atoms with Crippen molar-refractivity contribution in [2.24, 2.45) is 0 Å². The molecule has 0 aromatic heterocycles. The van der Waals surface area contributed by atoms with Crippen LogP contribution in [0.25, 0.3) is 0 Å². The lowest BCUT2D eigenvalue weighted by Gasteiger charge is -2.09. The first-order chi connectivity index (χ1) is 6.50. The lowest BCUT2D eigenvalue weighted by molar-refractivity contribution is 0.0942. The summed E-state index contributed by atoms with van der Waals surface area (Å²) < 4.78 is 0.750. The number of amides is 1. The average molecular weight is 277 g/mol. The maximum atomic E-state index is 11.6. The van der Waals surface area contributed by atoms with Crippen LogP contribution < -0.4 is 5.32 Å². The third kappa shape index (κ3) is 3.00. The van der Waals surface area contributed by atoms with Gasteiger partial charge < -0.3 is 5.32 Å². The molecule has 0 saturated heterocycles. The van der Waals surface area contributed by atoms with Crippen molar-refractivity contribution in [3.8, 4) is 0 Å². The SMILES string of the molecule is CC(C)NC(=O)c1cc(Cl)ccc1Br. The largest absolute Gasteiger partial charge is 0.350 e. The monoisotopic (exact) mass is 275 g/mol. The number of carbonyl (C=O) groups excluding carboxylic acids is 1. The lowest BCUT2D eigenvalue weighted by Crippen LogP contribution is -2.30. The summed E-state index contributed by atoms with van der Waals surface area (Å²) in [6.45, 7) is 3.83. The molecule has 0 saturated carbocycles. The van der Waals surface area contributed by atoms with Gasteiger partial charge in [-0.05, 0) is 48.0 Å². The third-order valence-corrected chi connectivity index (χ3v) is 2.52. The van der Waals surface area contributed by atoms with Gasteiger partial charge in [0.15, 0.2) is 0 Å². The van der Waals surface area contributed by atoms with Crippen molar-refractivity contribution in [1.82, 2.24) is 5.32 Å². The number of hydrogen-bond acceptors (Lipinski definition) is 1. The molecule has 0 spiro atoms. The summed E-state index contributed by atoms with van der Waals surface area (Å²) in [6.07, 6.45) is 0. The van der Waals surface area contributed by atoms with E-state index in [-0.39, 0.29) is 11.9 Å². The molecule has 0 fully saturated rings. The molecule has 1 rings (SSSR count). The second-order valence-electron chi connectivity index (χ2n) is 3.25. The molecule has 0 atom stereocenters. The molecule has 1 aromatic carbocycles. The van der Waals surface area contributed by atoms with E-state index in [0.717, 1.165) is 4.47 Å². The van der Waals surface area contributed by atoms with Crippen LogP contribution in [0.4, 0.5) is 0 Å². The molecule has 0 radical (unpaired) electrons. The van der Waals surface area contributed by atoms with Crippen molar-refractivity contribution in [2.75, 3.05) is 0 Å². The zero-order valence-corrected chi connectivity index (χ0v) is 10.3. The molecule has 0 unspecified atom stereocenters. The van der Waals surface area contributed by atoms with Crippen molar-refractivity contribution in [3.63, 3.8) is 0 Å². The zero-order chi connectivity index (χ0) is 10.7. The Morgan fingerprint density at radius 1 is 1.50 bits per heavy atom. The van der Waals surface area contributed by atoms with Crippen LogP contribution in [0.3, 0.4) is 0 Å². The maximum absolute atomic E-state index is 11.6. The van der Waals surface area contributed by atoms with E-state index in [0.29, 0.717) is 10.6 Å². The van der Waals surface area contributed by atoms with E-state index < -0.39 is 0 Å². The summed E-state index contributed by atoms with van der Waals surface area (Å²) in [5.74, 6) is -0.116. The molecule has 0 aliphatic rings. The van der Waals surface area contributed by atoms with E-state index in [9.17, 15) is 4.79 Å². The first-order valence-corrected chi connectivity index (χ1v) is 5.43. The van der Waals surface area contributed by atoms with E-state index in [1.54, 1.807) is 18.2 Å². The van der Waals surface area contributed by atoms with Crippen molar-refractivity contribution < 1.29 is 4.79 Å². The van der Waals surface area contributed by atoms with Crippen LogP contribution in [0.1, 0.15) is 24.2 Å². The highest BCUT2D eigenvalue weighted by Gasteiger charge is 2.10. The number of rotatable bonds is 2. The van der Waals surface area contributed by atoms with E-state index in [1.807, 2.05) is 13.8 Å². The van der Waals surface area contributed by atoms with Gasteiger partial charge in [-0.25, -0.2) is 0 Å². The molecule has 4 heteroatoms. The number of carbonyl (C=O) groups is 1. The van der Waals surface area contributed by atoms with Gasteiger partial charge >= 0.3 is 0 Å². The van der Waals surface area contributed by atoms with Crippen LogP contribution in [-0.2, 0) is 0 Å². The normalized spacial score (nSPS) is 10.4. The third-order valence-electron chi connectivity index (χ3n) is 1.59. The number of benzene rings is 1. The van der Waals surface area contributed by atoms with Gasteiger partial charge in [0.1, 0.15) is 0 Å². The van der Waals surface area contributed by atoms with Gasteiger partial charge in [-0.15, -0.1) is 0 Å². The molecule has 1 aromatic rings. The van der Waals surface area contributed by atoms with Gasteiger partial charge in [-0.2, -0.15) is 0 Å². The summed E-state index contributed by atoms with van der Waals surface area (Å²) in [6, 6.07) is 5.26. The highest BCUT2D eigenvalue weighted by atomic mass is 79.9. The fraction of sp³-hybridized carbons (Fsp3) is 0.300. The molecule has 76 valence electrons. The van der Waals surface area contributed by atoms with Gasteiger partial charge in [0, 0.05) is 15.5 Å². The number of halogens is 2. The smallest absolute Gasteiger partial charge is 0.252 e. The quantitative estimate of drug-likeness (QED) is 0.883. The van der Waals surface area contributed by atoms with Gasteiger partial charge in [0.05, 0.1) is 5.56 Å². The molecule has 14 heavy (non-hydrogen) atoms. The standard InChI is InChI=1S/C10H11BrClNO/c1-6(2)13-10(14)8-5-7(12)3-4-9(8)11/h3-6H,1-2H3,(H,13,14). The Morgan fingerprint density at radius 3 is 2.71 bits per heavy atom. The van der Waals surface area contributed by atoms with Crippen molar-refractivity contribution >= 4 is 33.4 Å². The summed E-state index contributed by atoms with van der Waals surface area (Å²) in [5.41, 5.74) is 0.561. The molecular formula is C10H11BrClNO. The van der Waals surface area contributed by atoms with Crippen LogP contribution >= 0.6 is 27.5 Å². The Hall–Kier alpha value is -0.540. The van der Waals surface area contributed by atoms with Crippen LogP contribution in [0, 0.1) is 0 Å². The van der Waals surface area contributed by atoms with Gasteiger partial charge in [0.25, 0.3) is 5.91 Å². The van der Waals surface area contributed by atoms with Gasteiger partial charge in [-0.1, -0.05) is 11.6 Å². The lowest BCUT2D eigenvalue weighted by atomic mass is 10.2. The highest BCUT2D eigenvalue weighted by molar-refractivity contribution is 9.10. The molecule has 1 N–H and O–H groups in total. The number of hydrogen-bond donors (Lipinski definition) is 1. The second kappa shape index (κ2) is 4.80. The van der Waals surface area contributed by atoms with Crippen molar-refractivity contribution in [3.05, 3.63) is 33.3 Å². The molecule has 2 nitrogen and oxygen atoms in total. The molecule has 0 heterocycles. The van der Waals surface area contributed by atoms with Gasteiger partial charge in [0.2, 0.25) is 0 Å². The van der Waals surface area contributed by atoms with Crippen LogP contribution in [0.2, 0.25) is 5.02 Å². The Morgan fingerprint density at radius 2 is 2.14 bits per heavy atom. The predicted octanol–water partition coefficient (Wildman–Crippen LogP) is 3.24. The molecule has 1 amide bonds. The number of nitrogens with one attached hydrogen (secondary N) is 1. The molecular weight excluding hydrogens is 265 g/mol. The topological polar surface area (TPSA) is 29.1 Å². The summed E-state index contributed by atoms with van der Waals surface area (Å²) in [4.78, 5) is 11.6. The van der Waals surface area contributed by atoms with Crippen LogP contribution in [-0.4, -0.2) is 11.9 Å². The predicted molar refractivity (Wildman–Crippen MR) is 61.8 cm³/mol. The first-order valence-electron chi connectivity index (χ1n) is 4.26. The Balaban J connectivity index is 2.94. The Kier molecular flexibility index (Phi) is 3.96. The first kappa shape index (κ1) is 11.5. The van der Waals surface area contributed by atoms with E-state index in [1.165, 1.54) is 0 Å². The van der Waals surface area contributed by atoms with E-state index >= 15 is 0 Å². The molecule has 0 aliphatic heterocycles. The average Bonchev–Trinajstić information content (AvgIpc) is 2.08. The van der Waals surface area contributed by atoms with Crippen LogP contribution in [0.5, 0.6) is 0 Å². The van der Waals surface area contributed by atoms with Gasteiger partial charge in [-0.3, -0.25) is 4.79 Å². The highest BCUT2D eigenvalue weighted by Crippen LogP contribution is 2.21. The summed E-state index contributed by atoms with van der Waals surface area (Å²) in [7, 11) is 0. The Bertz CT molecular complexity index is 352. The second-order valence-corrected chi connectivity index (χ2v) is 4.54. The fourth-order valence-corrected chi connectivity index (χ4v) is 1.61. The summed E-state index contributed by atoms with van der Waals surface area (Å²) >= 11 is 9.10. The summed E-state index contributed by atoms with van der Waals surface area (Å²) in [5, 5.41) is 3.36. The van der Waals surface area contributed by atoms with Crippen molar-refractivity contribution in [2.45, 2.75) is 19.9 Å². The van der Waals surface area contributed by atoms with Crippen molar-refractivity contribution in [1.29, 1.82) is 0 Å². The van der Waals surface area contributed by atoms with Crippen LogP contribution in [0.15, 0.2) is 22.7 Å². The minimum absolute atomic E-state index is 0.116. The molecule has 0 bridgehead atoms. The minimum Gasteiger partial charge on any atom is -0.350 e. The van der Waals surface area contributed by atoms with E-state index in [2.05, 4.69) is 21.2 Å². The van der Waals surface area contributed by atoms with E-state index in [4.69, 9.17) is 11.6 Å². The minimum atomic E-state index is -0.116. The molecule has 0 aliphatic carbocycles. The zero-order valence-electron chi connectivity index (χ0n) is 7.97. The fourth-order valence-electron chi connectivity index (χ4n) is 1.01. The maximum Gasteiger partial charge on any atom is 0.252 e.